The Labute approximate surface area is 148 Å². The lowest BCUT2D eigenvalue weighted by Crippen LogP contribution is -2.15. The van der Waals surface area contributed by atoms with Gasteiger partial charge in [-0.2, -0.15) is 4.80 Å². The molecule has 25 heavy (non-hydrogen) atoms. The minimum absolute atomic E-state index is 0.201. The molecule has 0 atom stereocenters. The van der Waals surface area contributed by atoms with Gasteiger partial charge in [0.2, 0.25) is 5.82 Å². The molecule has 1 aliphatic heterocycles. The van der Waals surface area contributed by atoms with Crippen LogP contribution in [0.25, 0.3) is 11.4 Å². The monoisotopic (exact) mass is 360 g/mol. The molecule has 2 heterocycles. The van der Waals surface area contributed by atoms with Gasteiger partial charge in [-0.1, -0.05) is 11.6 Å². The van der Waals surface area contributed by atoms with Gasteiger partial charge < -0.3 is 9.47 Å². The molecule has 1 aliphatic rings. The molecule has 0 N–H and O–H groups in total. The minimum Gasteiger partial charge on any atom is -0.467 e. The Hall–Kier alpha value is -2.51. The zero-order valence-electron chi connectivity index (χ0n) is 13.4. The minimum atomic E-state index is -0.263. The third-order valence-electron chi connectivity index (χ3n) is 3.93. The third kappa shape index (κ3) is 3.20. The van der Waals surface area contributed by atoms with Gasteiger partial charge in [-0.3, -0.25) is 0 Å². The topological polar surface area (TPSA) is 62.1 Å². The van der Waals surface area contributed by atoms with Crippen LogP contribution in [0.2, 0.25) is 5.02 Å². The molecular weight excluding hydrogens is 347 g/mol. The Morgan fingerprint density at radius 3 is 3.00 bits per heavy atom. The van der Waals surface area contributed by atoms with Crippen LogP contribution in [-0.2, 0) is 17.9 Å². The molecule has 0 radical (unpaired) electrons. The number of aromatic nitrogens is 4. The van der Waals surface area contributed by atoms with Gasteiger partial charge in [-0.15, -0.1) is 10.2 Å². The maximum Gasteiger partial charge on any atom is 0.204 e. The molecule has 0 saturated heterocycles. The number of rotatable bonds is 3. The molecule has 0 saturated carbocycles. The van der Waals surface area contributed by atoms with Crippen LogP contribution in [0.4, 0.5) is 4.39 Å². The lowest BCUT2D eigenvalue weighted by Gasteiger charge is -2.20. The number of tetrazole rings is 1. The fourth-order valence-electron chi connectivity index (χ4n) is 2.74. The average Bonchev–Trinajstić information content (AvgIpc) is 3.06. The van der Waals surface area contributed by atoms with Crippen LogP contribution in [0.1, 0.15) is 16.7 Å². The molecule has 3 aromatic rings. The van der Waals surface area contributed by atoms with Gasteiger partial charge in [0.15, 0.2) is 6.79 Å². The van der Waals surface area contributed by atoms with E-state index in [1.165, 1.54) is 10.9 Å². The second-order valence-corrected chi connectivity index (χ2v) is 6.21. The van der Waals surface area contributed by atoms with Crippen molar-refractivity contribution >= 4 is 11.6 Å². The highest BCUT2D eigenvalue weighted by Gasteiger charge is 2.18. The predicted molar refractivity (Wildman–Crippen MR) is 88.8 cm³/mol. The average molecular weight is 361 g/mol. The number of ether oxygens (including phenoxy) is 2. The highest BCUT2D eigenvalue weighted by molar-refractivity contribution is 6.30. The summed E-state index contributed by atoms with van der Waals surface area (Å²) in [4.78, 5) is 1.46. The van der Waals surface area contributed by atoms with E-state index in [1.54, 1.807) is 19.1 Å². The number of nitrogens with zero attached hydrogens (tertiary/aromatic N) is 4. The van der Waals surface area contributed by atoms with Crippen LogP contribution in [0, 0.1) is 12.7 Å². The summed E-state index contributed by atoms with van der Waals surface area (Å²) in [6.45, 7) is 2.71. The summed E-state index contributed by atoms with van der Waals surface area (Å²) in [5.41, 5.74) is 2.99. The van der Waals surface area contributed by atoms with Gasteiger partial charge >= 0.3 is 0 Å². The van der Waals surface area contributed by atoms with E-state index in [4.69, 9.17) is 21.1 Å². The van der Waals surface area contributed by atoms with Gasteiger partial charge in [0, 0.05) is 21.7 Å². The molecule has 2 aromatic carbocycles. The summed E-state index contributed by atoms with van der Waals surface area (Å²) in [6, 6.07) is 8.36. The van der Waals surface area contributed by atoms with E-state index in [0.29, 0.717) is 35.1 Å². The summed E-state index contributed by atoms with van der Waals surface area (Å²) in [6.07, 6.45) is 0. The van der Waals surface area contributed by atoms with E-state index in [1.807, 2.05) is 12.1 Å². The Kier molecular flexibility index (Phi) is 4.10. The molecule has 0 amide bonds. The second-order valence-electron chi connectivity index (χ2n) is 5.77. The Morgan fingerprint density at radius 1 is 1.28 bits per heavy atom. The third-order valence-corrected chi connectivity index (χ3v) is 4.15. The Balaban J connectivity index is 1.63. The lowest BCUT2D eigenvalue weighted by atomic mass is 10.1. The van der Waals surface area contributed by atoms with Crippen molar-refractivity contribution < 1.29 is 13.9 Å². The van der Waals surface area contributed by atoms with Crippen LogP contribution in [-0.4, -0.2) is 27.0 Å². The highest BCUT2D eigenvalue weighted by atomic mass is 35.5. The van der Waals surface area contributed by atoms with Crippen molar-refractivity contribution in [3.63, 3.8) is 0 Å². The molecular formula is C17H14ClFN4O2. The van der Waals surface area contributed by atoms with Gasteiger partial charge in [-0.05, 0) is 48.0 Å². The summed E-state index contributed by atoms with van der Waals surface area (Å²) in [7, 11) is 0. The fourth-order valence-corrected chi connectivity index (χ4v) is 3.00. The van der Waals surface area contributed by atoms with Crippen LogP contribution in [0.3, 0.4) is 0 Å². The van der Waals surface area contributed by atoms with E-state index in [0.717, 1.165) is 16.9 Å². The molecule has 0 aliphatic carbocycles. The van der Waals surface area contributed by atoms with Gasteiger partial charge in [-0.25, -0.2) is 4.39 Å². The van der Waals surface area contributed by atoms with Crippen molar-refractivity contribution in [3.05, 3.63) is 57.9 Å². The lowest BCUT2D eigenvalue weighted by molar-refractivity contribution is -0.0171. The smallest absolute Gasteiger partial charge is 0.204 e. The van der Waals surface area contributed by atoms with E-state index in [-0.39, 0.29) is 12.6 Å². The van der Waals surface area contributed by atoms with Crippen LogP contribution >= 0.6 is 11.6 Å². The maximum atomic E-state index is 13.4. The van der Waals surface area contributed by atoms with Crippen LogP contribution in [0.15, 0.2) is 30.3 Å². The summed E-state index contributed by atoms with van der Waals surface area (Å²) < 4.78 is 24.3. The summed E-state index contributed by atoms with van der Waals surface area (Å²) in [5.74, 6) is 0.913. The first-order chi connectivity index (χ1) is 12.1. The highest BCUT2D eigenvalue weighted by Crippen LogP contribution is 2.32. The number of hydrogen-bond donors (Lipinski definition) is 0. The van der Waals surface area contributed by atoms with E-state index in [2.05, 4.69) is 15.4 Å². The summed E-state index contributed by atoms with van der Waals surface area (Å²) >= 11 is 6.17. The van der Waals surface area contributed by atoms with Crippen molar-refractivity contribution in [2.75, 3.05) is 6.79 Å². The number of halogens is 2. The summed E-state index contributed by atoms with van der Waals surface area (Å²) in [5, 5.41) is 13.1. The largest absolute Gasteiger partial charge is 0.467 e. The molecule has 8 heteroatoms. The molecule has 0 unspecified atom stereocenters. The normalized spacial score (nSPS) is 13.4. The van der Waals surface area contributed by atoms with E-state index >= 15 is 0 Å². The first-order valence-electron chi connectivity index (χ1n) is 7.66. The van der Waals surface area contributed by atoms with Crippen molar-refractivity contribution in [1.29, 1.82) is 0 Å². The molecule has 4 rings (SSSR count). The number of hydrogen-bond acceptors (Lipinski definition) is 5. The standard InChI is InChI=1S/C17H14ClFN4O2/c1-10-4-11(2-3-15(10)19)17-20-22-23(21-17)7-12-5-14(18)6-13-8-24-9-25-16(12)13/h2-6H,7-9H2,1H3. The van der Waals surface area contributed by atoms with Gasteiger partial charge in [0.1, 0.15) is 11.6 Å². The molecule has 6 nitrogen and oxygen atoms in total. The second kappa shape index (κ2) is 6.42. The number of aryl methyl sites for hydroxylation is 1. The van der Waals surface area contributed by atoms with Gasteiger partial charge in [0.05, 0.1) is 13.2 Å². The molecule has 128 valence electrons. The zero-order chi connectivity index (χ0) is 17.4. The predicted octanol–water partition coefficient (Wildman–Crippen LogP) is 3.36. The van der Waals surface area contributed by atoms with E-state index in [9.17, 15) is 4.39 Å². The fraction of sp³-hybridized carbons (Fsp3) is 0.235. The molecule has 0 fully saturated rings. The van der Waals surface area contributed by atoms with Crippen molar-refractivity contribution in [1.82, 2.24) is 20.2 Å². The van der Waals surface area contributed by atoms with Crippen molar-refractivity contribution in [2.45, 2.75) is 20.1 Å². The number of benzene rings is 2. The molecule has 1 aromatic heterocycles. The quantitative estimate of drug-likeness (QED) is 0.716. The first kappa shape index (κ1) is 16.0. The molecule has 0 bridgehead atoms. The zero-order valence-corrected chi connectivity index (χ0v) is 14.1. The maximum absolute atomic E-state index is 13.4. The Bertz CT molecular complexity index is 944. The van der Waals surface area contributed by atoms with Crippen molar-refractivity contribution in [3.8, 4) is 17.1 Å². The Morgan fingerprint density at radius 2 is 2.16 bits per heavy atom. The van der Waals surface area contributed by atoms with Crippen LogP contribution in [0.5, 0.6) is 5.75 Å². The van der Waals surface area contributed by atoms with E-state index < -0.39 is 0 Å². The SMILES string of the molecule is Cc1cc(-c2nnn(Cc3cc(Cl)cc4c3OCOC4)n2)ccc1F. The number of fused-ring (bicyclic) bond motifs is 1. The van der Waals surface area contributed by atoms with Gasteiger partial charge in [0.25, 0.3) is 0 Å². The van der Waals surface area contributed by atoms with Crippen LogP contribution < -0.4 is 4.74 Å². The first-order valence-corrected chi connectivity index (χ1v) is 8.04. The molecule has 0 spiro atoms. The van der Waals surface area contributed by atoms with Crippen molar-refractivity contribution in [2.24, 2.45) is 0 Å².